The monoisotopic (exact) mass is 381 g/mol. The number of hydrogen-bond acceptors (Lipinski definition) is 7. The highest BCUT2D eigenvalue weighted by Crippen LogP contribution is 2.25. The highest BCUT2D eigenvalue weighted by Gasteiger charge is 2.22. The zero-order chi connectivity index (χ0) is 19.7. The van der Waals surface area contributed by atoms with Crippen molar-refractivity contribution < 1.29 is 14.3 Å². The summed E-state index contributed by atoms with van der Waals surface area (Å²) in [6, 6.07) is 9.38. The van der Waals surface area contributed by atoms with Crippen molar-refractivity contribution in [3.63, 3.8) is 0 Å². The van der Waals surface area contributed by atoms with E-state index in [2.05, 4.69) is 19.4 Å². The van der Waals surface area contributed by atoms with Crippen LogP contribution in [0.2, 0.25) is 0 Å². The topological polar surface area (TPSA) is 72.7 Å². The third-order valence-electron chi connectivity index (χ3n) is 5.14. The van der Waals surface area contributed by atoms with Gasteiger partial charge in [-0.1, -0.05) is 0 Å². The van der Waals surface area contributed by atoms with E-state index in [1.165, 1.54) is 7.11 Å². The van der Waals surface area contributed by atoms with Crippen molar-refractivity contribution in [2.75, 3.05) is 50.2 Å². The van der Waals surface area contributed by atoms with Crippen molar-refractivity contribution in [2.45, 2.75) is 0 Å². The molecule has 1 fully saturated rings. The second kappa shape index (κ2) is 7.38. The van der Waals surface area contributed by atoms with Crippen molar-refractivity contribution in [1.29, 1.82) is 0 Å². The SMILES string of the molecule is COC(=O)c1ccc2c(c1)nc(N1CCN(c3ccc(OC)nc3)CC1)n2C. The fourth-order valence-corrected chi connectivity index (χ4v) is 3.56. The normalized spacial score (nSPS) is 14.4. The first kappa shape index (κ1) is 18.1. The molecule has 3 heterocycles. The van der Waals surface area contributed by atoms with Gasteiger partial charge in [-0.3, -0.25) is 0 Å². The molecule has 4 rings (SSSR count). The van der Waals surface area contributed by atoms with Gasteiger partial charge in [0, 0.05) is 39.3 Å². The van der Waals surface area contributed by atoms with E-state index in [-0.39, 0.29) is 5.97 Å². The molecule has 146 valence electrons. The molecule has 0 spiro atoms. The molecule has 1 aliphatic heterocycles. The van der Waals surface area contributed by atoms with Gasteiger partial charge in [-0.2, -0.15) is 0 Å². The minimum atomic E-state index is -0.351. The van der Waals surface area contributed by atoms with Gasteiger partial charge >= 0.3 is 5.97 Å². The lowest BCUT2D eigenvalue weighted by molar-refractivity contribution is 0.0601. The zero-order valence-electron chi connectivity index (χ0n) is 16.3. The molecule has 0 atom stereocenters. The summed E-state index contributed by atoms with van der Waals surface area (Å²) in [5.41, 5.74) is 3.39. The molecule has 1 saturated heterocycles. The Hall–Kier alpha value is -3.29. The highest BCUT2D eigenvalue weighted by molar-refractivity contribution is 5.94. The number of carbonyl (C=O) groups is 1. The van der Waals surface area contributed by atoms with E-state index < -0.39 is 0 Å². The number of hydrogen-bond donors (Lipinski definition) is 0. The Kier molecular flexibility index (Phi) is 4.77. The molecule has 0 aliphatic carbocycles. The van der Waals surface area contributed by atoms with E-state index in [0.717, 1.165) is 48.8 Å². The molecule has 8 nitrogen and oxygen atoms in total. The standard InChI is InChI=1S/C20H23N5O3/c1-23-17-6-4-14(19(26)28-3)12-16(17)22-20(23)25-10-8-24(9-11-25)15-5-7-18(27-2)21-13-15/h4-7,12-13H,8-11H2,1-3H3. The Morgan fingerprint density at radius 1 is 1.04 bits per heavy atom. The highest BCUT2D eigenvalue weighted by atomic mass is 16.5. The summed E-state index contributed by atoms with van der Waals surface area (Å²) in [5, 5.41) is 0. The van der Waals surface area contributed by atoms with Crippen LogP contribution < -0.4 is 14.5 Å². The molecule has 2 aromatic heterocycles. The van der Waals surface area contributed by atoms with E-state index in [1.807, 2.05) is 31.4 Å². The summed E-state index contributed by atoms with van der Waals surface area (Å²) in [7, 11) is 5.00. The van der Waals surface area contributed by atoms with Crippen LogP contribution in [0.5, 0.6) is 5.88 Å². The average Bonchev–Trinajstić information content (AvgIpc) is 3.09. The van der Waals surface area contributed by atoms with Crippen molar-refractivity contribution in [3.8, 4) is 5.88 Å². The van der Waals surface area contributed by atoms with E-state index in [4.69, 9.17) is 14.5 Å². The van der Waals surface area contributed by atoms with Gasteiger partial charge in [-0.25, -0.2) is 14.8 Å². The summed E-state index contributed by atoms with van der Waals surface area (Å²) in [5.74, 6) is 1.17. The quantitative estimate of drug-likeness (QED) is 0.641. The second-order valence-electron chi connectivity index (χ2n) is 6.70. The Morgan fingerprint density at radius 2 is 1.79 bits per heavy atom. The van der Waals surface area contributed by atoms with E-state index in [9.17, 15) is 4.79 Å². The van der Waals surface area contributed by atoms with E-state index in [1.54, 1.807) is 19.2 Å². The number of esters is 1. The number of nitrogens with zero attached hydrogens (tertiary/aromatic N) is 5. The fourth-order valence-electron chi connectivity index (χ4n) is 3.56. The van der Waals surface area contributed by atoms with Crippen LogP contribution in [0, 0.1) is 0 Å². The molecule has 0 radical (unpaired) electrons. The van der Waals surface area contributed by atoms with Gasteiger partial charge in [0.2, 0.25) is 11.8 Å². The van der Waals surface area contributed by atoms with Crippen LogP contribution in [0.4, 0.5) is 11.6 Å². The Balaban J connectivity index is 1.51. The third-order valence-corrected chi connectivity index (χ3v) is 5.14. The molecular formula is C20H23N5O3. The molecule has 0 unspecified atom stereocenters. The lowest BCUT2D eigenvalue weighted by Crippen LogP contribution is -2.47. The number of anilines is 2. The number of aryl methyl sites for hydroxylation is 1. The summed E-state index contributed by atoms with van der Waals surface area (Å²) in [4.78, 5) is 25.4. The van der Waals surface area contributed by atoms with Crippen LogP contribution in [0.1, 0.15) is 10.4 Å². The number of imidazole rings is 1. The zero-order valence-corrected chi connectivity index (χ0v) is 16.3. The number of aromatic nitrogens is 3. The first-order valence-corrected chi connectivity index (χ1v) is 9.15. The molecular weight excluding hydrogens is 358 g/mol. The predicted octanol–water partition coefficient (Wildman–Crippen LogP) is 2.09. The molecule has 0 N–H and O–H groups in total. The Labute approximate surface area is 163 Å². The molecule has 0 saturated carbocycles. The maximum absolute atomic E-state index is 11.8. The van der Waals surface area contributed by atoms with Gasteiger partial charge in [0.1, 0.15) is 0 Å². The van der Waals surface area contributed by atoms with Crippen molar-refractivity contribution >= 4 is 28.6 Å². The maximum Gasteiger partial charge on any atom is 0.337 e. The fraction of sp³-hybridized carbons (Fsp3) is 0.350. The number of ether oxygens (including phenoxy) is 2. The average molecular weight is 381 g/mol. The lowest BCUT2D eigenvalue weighted by atomic mass is 10.2. The van der Waals surface area contributed by atoms with Crippen LogP contribution >= 0.6 is 0 Å². The third kappa shape index (κ3) is 3.21. The maximum atomic E-state index is 11.8. The summed E-state index contributed by atoms with van der Waals surface area (Å²) >= 11 is 0. The van der Waals surface area contributed by atoms with Gasteiger partial charge in [0.05, 0.1) is 42.7 Å². The largest absolute Gasteiger partial charge is 0.481 e. The van der Waals surface area contributed by atoms with Crippen LogP contribution in [0.25, 0.3) is 11.0 Å². The summed E-state index contributed by atoms with van der Waals surface area (Å²) < 4.78 is 12.0. The molecule has 8 heteroatoms. The molecule has 1 aliphatic rings. The number of methoxy groups -OCH3 is 2. The number of piperazine rings is 1. The number of pyridine rings is 1. The first-order chi connectivity index (χ1) is 13.6. The minimum absolute atomic E-state index is 0.351. The van der Waals surface area contributed by atoms with Crippen molar-refractivity contribution in [1.82, 2.24) is 14.5 Å². The van der Waals surface area contributed by atoms with E-state index >= 15 is 0 Å². The summed E-state index contributed by atoms with van der Waals surface area (Å²) in [6.07, 6.45) is 1.85. The Bertz CT molecular complexity index is 991. The molecule has 1 aromatic carbocycles. The molecule has 0 amide bonds. The van der Waals surface area contributed by atoms with Gasteiger partial charge in [-0.15, -0.1) is 0 Å². The number of rotatable bonds is 4. The number of carbonyl (C=O) groups excluding carboxylic acids is 1. The Morgan fingerprint density at radius 3 is 2.43 bits per heavy atom. The van der Waals surface area contributed by atoms with Gasteiger partial charge in [-0.05, 0) is 24.3 Å². The second-order valence-corrected chi connectivity index (χ2v) is 6.70. The number of fused-ring (bicyclic) bond motifs is 1. The van der Waals surface area contributed by atoms with Crippen LogP contribution in [-0.4, -0.2) is 60.9 Å². The molecule has 28 heavy (non-hydrogen) atoms. The molecule has 3 aromatic rings. The summed E-state index contributed by atoms with van der Waals surface area (Å²) in [6.45, 7) is 3.47. The van der Waals surface area contributed by atoms with Gasteiger partial charge in [0.15, 0.2) is 0 Å². The van der Waals surface area contributed by atoms with Gasteiger partial charge < -0.3 is 23.8 Å². The van der Waals surface area contributed by atoms with Crippen molar-refractivity contribution in [3.05, 3.63) is 42.1 Å². The van der Waals surface area contributed by atoms with Gasteiger partial charge in [0.25, 0.3) is 0 Å². The molecule has 0 bridgehead atoms. The smallest absolute Gasteiger partial charge is 0.337 e. The first-order valence-electron chi connectivity index (χ1n) is 9.15. The van der Waals surface area contributed by atoms with Crippen LogP contribution in [-0.2, 0) is 11.8 Å². The lowest BCUT2D eigenvalue weighted by Gasteiger charge is -2.36. The minimum Gasteiger partial charge on any atom is -0.481 e. The van der Waals surface area contributed by atoms with E-state index in [0.29, 0.717) is 11.4 Å². The van der Waals surface area contributed by atoms with Crippen molar-refractivity contribution in [2.24, 2.45) is 7.05 Å². The van der Waals surface area contributed by atoms with Crippen LogP contribution in [0.3, 0.4) is 0 Å². The van der Waals surface area contributed by atoms with Crippen LogP contribution in [0.15, 0.2) is 36.5 Å². The number of benzene rings is 1. The predicted molar refractivity (Wildman–Crippen MR) is 107 cm³/mol.